The summed E-state index contributed by atoms with van der Waals surface area (Å²) >= 11 is 0. The van der Waals surface area contributed by atoms with Gasteiger partial charge < -0.3 is 33.9 Å². The average molecular weight is 917 g/mol. The SMILES string of the molecule is CN(CCN(CCOCCO)C(=O)Oc1ccc2c(c1)[C@@]1(C)CCC[C@](C)(C(=O)NC(=O)[C@@]3(C)CCC[C@]4(C)c5cc(NC(=O)OC(C)(C)C)ccc5CC[C@@H]34)[C@@H]1CC2)C(=O)OC(C)(C)C. The molecule has 4 aliphatic rings. The molecule has 0 aromatic heterocycles. The van der Waals surface area contributed by atoms with E-state index in [1.54, 1.807) is 27.8 Å². The minimum atomic E-state index is -0.825. The first-order chi connectivity index (χ1) is 30.8. The number of likely N-dealkylation sites (N-methyl/N-ethyl adjacent to an activating group) is 1. The van der Waals surface area contributed by atoms with Gasteiger partial charge in [0.25, 0.3) is 0 Å². The molecule has 14 nitrogen and oxygen atoms in total. The van der Waals surface area contributed by atoms with E-state index >= 15 is 0 Å². The van der Waals surface area contributed by atoms with Crippen molar-refractivity contribution in [1.82, 2.24) is 15.1 Å². The second-order valence-corrected chi connectivity index (χ2v) is 22.3. The maximum Gasteiger partial charge on any atom is 0.415 e. The van der Waals surface area contributed by atoms with Crippen LogP contribution in [0.1, 0.15) is 143 Å². The number of hydrogen-bond acceptors (Lipinski definition) is 10. The molecule has 0 unspecified atom stereocenters. The molecule has 0 aliphatic heterocycles. The van der Waals surface area contributed by atoms with Crippen molar-refractivity contribution < 1.29 is 48.0 Å². The molecule has 6 rings (SSSR count). The van der Waals surface area contributed by atoms with E-state index < -0.39 is 45.7 Å². The Morgan fingerprint density at radius 2 is 1.24 bits per heavy atom. The molecule has 2 saturated carbocycles. The number of carbonyl (C=O) groups excluding carboxylic acids is 5. The molecule has 0 heterocycles. The topological polar surface area (TPSA) is 173 Å². The number of aliphatic hydroxyl groups excluding tert-OH is 1. The minimum Gasteiger partial charge on any atom is -0.444 e. The van der Waals surface area contributed by atoms with Crippen LogP contribution in [0.4, 0.5) is 20.1 Å². The summed E-state index contributed by atoms with van der Waals surface area (Å²) in [7, 11) is 1.61. The number of imide groups is 1. The second kappa shape index (κ2) is 19.5. The van der Waals surface area contributed by atoms with Crippen molar-refractivity contribution in [2.24, 2.45) is 22.7 Å². The number of rotatable bonds is 12. The Bertz CT molecular complexity index is 2150. The quantitative estimate of drug-likeness (QED) is 0.138. The van der Waals surface area contributed by atoms with Gasteiger partial charge in [-0.1, -0.05) is 52.7 Å². The van der Waals surface area contributed by atoms with E-state index in [-0.39, 0.29) is 68.5 Å². The molecule has 4 aliphatic carbocycles. The Labute approximate surface area is 392 Å². The van der Waals surface area contributed by atoms with Gasteiger partial charge in [0.05, 0.1) is 30.7 Å². The number of nitrogens with one attached hydrogen (secondary N) is 2. The largest absolute Gasteiger partial charge is 0.444 e. The summed E-state index contributed by atoms with van der Waals surface area (Å²) < 4.78 is 22.5. The van der Waals surface area contributed by atoms with Crippen LogP contribution in [0.5, 0.6) is 5.75 Å². The van der Waals surface area contributed by atoms with Gasteiger partial charge in [0.1, 0.15) is 17.0 Å². The van der Waals surface area contributed by atoms with Crippen LogP contribution in [0.15, 0.2) is 36.4 Å². The Kier molecular flexibility index (Phi) is 15.0. The molecular formula is C52H76N4O10. The van der Waals surface area contributed by atoms with Crippen molar-refractivity contribution in [2.45, 2.75) is 155 Å². The maximum absolute atomic E-state index is 14.8. The first-order valence-electron chi connectivity index (χ1n) is 24.1. The van der Waals surface area contributed by atoms with Crippen LogP contribution in [-0.2, 0) is 47.5 Å². The summed E-state index contributed by atoms with van der Waals surface area (Å²) in [6.07, 6.45) is 6.21. The fourth-order valence-electron chi connectivity index (χ4n) is 11.9. The number of anilines is 1. The number of fused-ring (bicyclic) bond motifs is 6. The summed E-state index contributed by atoms with van der Waals surface area (Å²) in [5.41, 5.74) is 1.55. The van der Waals surface area contributed by atoms with E-state index in [2.05, 4.69) is 36.6 Å². The number of hydrogen-bond donors (Lipinski definition) is 3. The molecule has 0 bridgehead atoms. The number of carbonyl (C=O) groups is 5. The van der Waals surface area contributed by atoms with E-state index in [1.807, 2.05) is 58.9 Å². The van der Waals surface area contributed by atoms with Crippen molar-refractivity contribution >= 4 is 35.8 Å². The van der Waals surface area contributed by atoms with Crippen LogP contribution < -0.4 is 15.4 Å². The highest BCUT2D eigenvalue weighted by molar-refractivity contribution is 6.01. The first kappa shape index (κ1) is 50.7. The smallest absolute Gasteiger partial charge is 0.415 e. The van der Waals surface area contributed by atoms with E-state index in [4.69, 9.17) is 18.9 Å². The van der Waals surface area contributed by atoms with Gasteiger partial charge in [-0.15, -0.1) is 0 Å². The number of amides is 5. The Morgan fingerprint density at radius 1 is 0.697 bits per heavy atom. The molecule has 2 aromatic carbocycles. The van der Waals surface area contributed by atoms with Gasteiger partial charge in [0.2, 0.25) is 11.8 Å². The number of aliphatic hydroxyl groups is 1. The Hall–Kier alpha value is -4.69. The Morgan fingerprint density at radius 3 is 1.79 bits per heavy atom. The van der Waals surface area contributed by atoms with Crippen LogP contribution in [0.25, 0.3) is 0 Å². The molecular weight excluding hydrogens is 841 g/mol. The lowest BCUT2D eigenvalue weighted by molar-refractivity contribution is -0.150. The monoisotopic (exact) mass is 917 g/mol. The highest BCUT2D eigenvalue weighted by atomic mass is 16.6. The van der Waals surface area contributed by atoms with E-state index in [0.29, 0.717) is 24.3 Å². The first-order valence-corrected chi connectivity index (χ1v) is 24.1. The predicted octanol–water partition coefficient (Wildman–Crippen LogP) is 9.07. The maximum atomic E-state index is 14.8. The van der Waals surface area contributed by atoms with Crippen molar-refractivity contribution in [1.29, 1.82) is 0 Å². The molecule has 0 saturated heterocycles. The fourth-order valence-corrected chi connectivity index (χ4v) is 11.9. The summed E-state index contributed by atoms with van der Waals surface area (Å²) in [5.74, 6) is -0.145. The molecule has 66 heavy (non-hydrogen) atoms. The highest BCUT2D eigenvalue weighted by Gasteiger charge is 2.58. The van der Waals surface area contributed by atoms with E-state index in [9.17, 15) is 29.1 Å². The van der Waals surface area contributed by atoms with Crippen molar-refractivity contribution in [3.63, 3.8) is 0 Å². The lowest BCUT2D eigenvalue weighted by atomic mass is 9.49. The molecule has 14 heteroatoms. The van der Waals surface area contributed by atoms with E-state index in [0.717, 1.165) is 68.1 Å². The van der Waals surface area contributed by atoms with Gasteiger partial charge >= 0.3 is 18.3 Å². The van der Waals surface area contributed by atoms with Crippen molar-refractivity contribution in [3.05, 3.63) is 58.7 Å². The van der Waals surface area contributed by atoms with E-state index in [1.165, 1.54) is 15.4 Å². The van der Waals surface area contributed by atoms with Crippen LogP contribution >= 0.6 is 0 Å². The zero-order valence-corrected chi connectivity index (χ0v) is 41.4. The highest BCUT2D eigenvalue weighted by Crippen LogP contribution is 2.60. The second-order valence-electron chi connectivity index (χ2n) is 22.3. The molecule has 6 atom stereocenters. The number of ether oxygens (including phenoxy) is 4. The van der Waals surface area contributed by atoms with Gasteiger partial charge in [-0.25, -0.2) is 14.4 Å². The van der Waals surface area contributed by atoms with Gasteiger partial charge in [-0.3, -0.25) is 20.2 Å². The van der Waals surface area contributed by atoms with Gasteiger partial charge in [-0.05, 0) is 162 Å². The lowest BCUT2D eigenvalue weighted by Gasteiger charge is -2.56. The van der Waals surface area contributed by atoms with Crippen LogP contribution in [0, 0.1) is 22.7 Å². The minimum absolute atomic E-state index is 0.0159. The summed E-state index contributed by atoms with van der Waals surface area (Å²) in [6, 6.07) is 11.8. The molecule has 2 fully saturated rings. The molecule has 5 amide bonds. The normalized spacial score (nSPS) is 26.8. The molecule has 2 aromatic rings. The van der Waals surface area contributed by atoms with Crippen molar-refractivity contribution in [2.75, 3.05) is 51.8 Å². The number of benzene rings is 2. The standard InChI is InChI=1S/C52H76N4O10/c1-47(2,3)65-44(60)53-36-18-14-34-16-20-40-49(7,38(34)32-36)22-12-24-51(40,9)42(58)54-43(59)52(10)25-13-23-50(8)39-33-37(19-15-35(39)17-21-41(50)52)64-46(62)56(28-30-63-31-29-57)27-26-55(11)45(61)66-48(4,5)6/h14-15,18-19,32-33,40-41,57H,12-13,16-17,20-31H2,1-11H3,(H,53,60)(H,54,58,59)/t40-,41-,49-,50-,51+,52+/m1/s1. The zero-order valence-electron chi connectivity index (χ0n) is 41.4. The summed E-state index contributed by atoms with van der Waals surface area (Å²) in [4.78, 5) is 71.7. The molecule has 3 N–H and O–H groups in total. The van der Waals surface area contributed by atoms with Gasteiger partial charge in [0, 0.05) is 32.4 Å². The lowest BCUT2D eigenvalue weighted by Crippen LogP contribution is -2.60. The third-order valence-corrected chi connectivity index (χ3v) is 15.2. The summed E-state index contributed by atoms with van der Waals surface area (Å²) in [6.45, 7) is 20.1. The number of nitrogens with zero attached hydrogens (tertiary/aromatic N) is 2. The van der Waals surface area contributed by atoms with Gasteiger partial charge in [-0.2, -0.15) is 0 Å². The fraction of sp³-hybridized carbons (Fsp3) is 0.673. The third-order valence-electron chi connectivity index (χ3n) is 15.2. The molecule has 0 radical (unpaired) electrons. The third kappa shape index (κ3) is 10.9. The Balaban J connectivity index is 1.17. The van der Waals surface area contributed by atoms with Crippen LogP contribution in [0.2, 0.25) is 0 Å². The van der Waals surface area contributed by atoms with Crippen LogP contribution in [-0.4, -0.2) is 103 Å². The molecule has 364 valence electrons. The predicted molar refractivity (Wildman–Crippen MR) is 252 cm³/mol. The molecule has 0 spiro atoms. The van der Waals surface area contributed by atoms with Crippen LogP contribution in [0.3, 0.4) is 0 Å². The average Bonchev–Trinajstić information content (AvgIpc) is 3.22. The summed E-state index contributed by atoms with van der Waals surface area (Å²) in [5, 5.41) is 15.2. The van der Waals surface area contributed by atoms with Crippen molar-refractivity contribution in [3.8, 4) is 5.75 Å². The van der Waals surface area contributed by atoms with Gasteiger partial charge in [0.15, 0.2) is 0 Å². The zero-order chi connectivity index (χ0) is 48.5. The number of aryl methyl sites for hydroxylation is 2.